The van der Waals surface area contributed by atoms with Crippen LogP contribution < -0.4 is 4.74 Å². The molecule has 0 heterocycles. The zero-order chi connectivity index (χ0) is 15.9. The van der Waals surface area contributed by atoms with E-state index in [4.69, 9.17) is 14.6 Å². The molecule has 0 spiro atoms. The van der Waals surface area contributed by atoms with E-state index in [1.807, 2.05) is 30.3 Å². The first-order chi connectivity index (χ1) is 10.5. The number of halogens is 1. The normalized spacial score (nSPS) is 10.0. The van der Waals surface area contributed by atoms with Crippen molar-refractivity contribution >= 4 is 27.9 Å². The average molecular weight is 365 g/mol. The van der Waals surface area contributed by atoms with Crippen LogP contribution in [0.3, 0.4) is 0 Å². The summed E-state index contributed by atoms with van der Waals surface area (Å²) in [7, 11) is 0. The lowest BCUT2D eigenvalue weighted by Gasteiger charge is -2.08. The number of rotatable bonds is 6. The molecule has 22 heavy (non-hydrogen) atoms. The Hall–Kier alpha value is -2.34. The molecule has 0 atom stereocenters. The van der Waals surface area contributed by atoms with E-state index >= 15 is 0 Å². The number of carboxylic acid groups (broad SMARTS) is 1. The molecule has 0 aliphatic carbocycles. The number of carboxylic acids is 1. The van der Waals surface area contributed by atoms with E-state index in [1.54, 1.807) is 12.1 Å². The molecule has 0 amide bonds. The van der Waals surface area contributed by atoms with Gasteiger partial charge in [-0.25, -0.2) is 9.59 Å². The number of hydrogen-bond acceptors (Lipinski definition) is 4. The van der Waals surface area contributed by atoms with E-state index in [-0.39, 0.29) is 17.9 Å². The minimum atomic E-state index is -1.09. The van der Waals surface area contributed by atoms with Crippen LogP contribution in [-0.2, 0) is 16.1 Å². The van der Waals surface area contributed by atoms with Crippen LogP contribution in [0.1, 0.15) is 15.9 Å². The minimum Gasteiger partial charge on any atom is -0.482 e. The number of benzene rings is 2. The summed E-state index contributed by atoms with van der Waals surface area (Å²) in [4.78, 5) is 22.6. The second-order valence-corrected chi connectivity index (χ2v) is 5.34. The fourth-order valence-corrected chi connectivity index (χ4v) is 2.19. The third-order valence-corrected chi connectivity index (χ3v) is 3.14. The Morgan fingerprint density at radius 3 is 2.50 bits per heavy atom. The van der Waals surface area contributed by atoms with Crippen molar-refractivity contribution in [1.29, 1.82) is 0 Å². The first-order valence-electron chi connectivity index (χ1n) is 6.41. The third-order valence-electron chi connectivity index (χ3n) is 2.68. The summed E-state index contributed by atoms with van der Waals surface area (Å²) in [6.07, 6.45) is 0. The van der Waals surface area contributed by atoms with E-state index in [2.05, 4.69) is 15.9 Å². The molecule has 1 N–H and O–H groups in total. The third kappa shape index (κ3) is 4.89. The highest BCUT2D eigenvalue weighted by Crippen LogP contribution is 2.22. The van der Waals surface area contributed by atoms with Gasteiger partial charge in [0.2, 0.25) is 0 Å². The first-order valence-corrected chi connectivity index (χ1v) is 7.20. The van der Waals surface area contributed by atoms with Crippen molar-refractivity contribution in [3.8, 4) is 5.75 Å². The summed E-state index contributed by atoms with van der Waals surface area (Å²) < 4.78 is 10.9. The van der Waals surface area contributed by atoms with Gasteiger partial charge in [-0.05, 0) is 23.8 Å². The predicted molar refractivity (Wildman–Crippen MR) is 82.8 cm³/mol. The summed E-state index contributed by atoms with van der Waals surface area (Å²) in [6, 6.07) is 13.9. The van der Waals surface area contributed by atoms with Crippen molar-refractivity contribution in [3.63, 3.8) is 0 Å². The molecule has 0 bridgehead atoms. The van der Waals surface area contributed by atoms with E-state index in [1.165, 1.54) is 6.07 Å². The zero-order valence-electron chi connectivity index (χ0n) is 11.5. The highest BCUT2D eigenvalue weighted by Gasteiger charge is 2.11. The summed E-state index contributed by atoms with van der Waals surface area (Å²) in [6.45, 7) is -0.313. The van der Waals surface area contributed by atoms with E-state index in [0.717, 1.165) is 5.56 Å². The molecule has 0 saturated carbocycles. The van der Waals surface area contributed by atoms with Gasteiger partial charge < -0.3 is 14.6 Å². The van der Waals surface area contributed by atoms with E-state index < -0.39 is 18.5 Å². The summed E-state index contributed by atoms with van der Waals surface area (Å²) >= 11 is 3.25. The number of aliphatic carboxylic acids is 1. The molecule has 0 aliphatic rings. The Morgan fingerprint density at radius 1 is 1.09 bits per heavy atom. The maximum atomic E-state index is 12.0. The topological polar surface area (TPSA) is 72.8 Å². The molecule has 114 valence electrons. The minimum absolute atomic E-state index is 0.164. The molecule has 0 unspecified atom stereocenters. The molecule has 5 nitrogen and oxygen atoms in total. The summed E-state index contributed by atoms with van der Waals surface area (Å²) in [5, 5.41) is 8.60. The molecule has 0 aliphatic heterocycles. The van der Waals surface area contributed by atoms with Crippen LogP contribution in [-0.4, -0.2) is 23.7 Å². The van der Waals surface area contributed by atoms with Crippen LogP contribution in [0.4, 0.5) is 0 Å². The molecule has 2 aromatic carbocycles. The molecule has 0 fully saturated rings. The zero-order valence-corrected chi connectivity index (χ0v) is 13.1. The largest absolute Gasteiger partial charge is 0.482 e. The van der Waals surface area contributed by atoms with E-state index in [9.17, 15) is 9.59 Å². The lowest BCUT2D eigenvalue weighted by atomic mass is 10.2. The smallest absolute Gasteiger partial charge is 0.341 e. The SMILES string of the molecule is O=C(O)COc1cc(Br)cc(C(=O)OCc2ccccc2)c1. The fourth-order valence-electron chi connectivity index (χ4n) is 1.72. The molecular weight excluding hydrogens is 352 g/mol. The Bertz CT molecular complexity index is 669. The van der Waals surface area contributed by atoms with Crippen molar-refractivity contribution in [3.05, 3.63) is 64.1 Å². The average Bonchev–Trinajstić information content (AvgIpc) is 2.51. The standard InChI is InChI=1S/C16H13BrO5/c17-13-6-12(7-14(8-13)21-10-15(18)19)16(20)22-9-11-4-2-1-3-5-11/h1-8H,9-10H2,(H,18,19). The highest BCUT2D eigenvalue weighted by molar-refractivity contribution is 9.10. The van der Waals surface area contributed by atoms with Crippen LogP contribution in [0.25, 0.3) is 0 Å². The van der Waals surface area contributed by atoms with Crippen LogP contribution >= 0.6 is 15.9 Å². The summed E-state index contributed by atoms with van der Waals surface area (Å²) in [5.74, 6) is -1.32. The van der Waals surface area contributed by atoms with Gasteiger partial charge in [0.25, 0.3) is 0 Å². The number of hydrogen-bond donors (Lipinski definition) is 1. The number of esters is 1. The van der Waals surface area contributed by atoms with Crippen LogP contribution in [0, 0.1) is 0 Å². The van der Waals surface area contributed by atoms with Gasteiger partial charge in [0.05, 0.1) is 5.56 Å². The lowest BCUT2D eigenvalue weighted by molar-refractivity contribution is -0.139. The van der Waals surface area contributed by atoms with Crippen LogP contribution in [0.15, 0.2) is 53.0 Å². The van der Waals surface area contributed by atoms with Crippen LogP contribution in [0.2, 0.25) is 0 Å². The van der Waals surface area contributed by atoms with Crippen molar-refractivity contribution in [1.82, 2.24) is 0 Å². The van der Waals surface area contributed by atoms with Crippen molar-refractivity contribution in [2.75, 3.05) is 6.61 Å². The highest BCUT2D eigenvalue weighted by atomic mass is 79.9. The van der Waals surface area contributed by atoms with Crippen LogP contribution in [0.5, 0.6) is 5.75 Å². The Kier molecular flexibility index (Phi) is 5.55. The Balaban J connectivity index is 2.04. The van der Waals surface area contributed by atoms with Crippen molar-refractivity contribution in [2.24, 2.45) is 0 Å². The predicted octanol–water partition coefficient (Wildman–Crippen LogP) is 3.27. The van der Waals surface area contributed by atoms with Crippen molar-refractivity contribution in [2.45, 2.75) is 6.61 Å². The molecule has 2 rings (SSSR count). The van der Waals surface area contributed by atoms with Gasteiger partial charge in [0.1, 0.15) is 12.4 Å². The maximum Gasteiger partial charge on any atom is 0.341 e. The Morgan fingerprint density at radius 2 is 1.82 bits per heavy atom. The molecular formula is C16H13BrO5. The van der Waals surface area contributed by atoms with E-state index in [0.29, 0.717) is 4.47 Å². The van der Waals surface area contributed by atoms with Gasteiger partial charge in [-0.15, -0.1) is 0 Å². The van der Waals surface area contributed by atoms with Gasteiger partial charge in [0.15, 0.2) is 6.61 Å². The Labute approximate surface area is 135 Å². The van der Waals surface area contributed by atoms with Gasteiger partial charge in [-0.3, -0.25) is 0 Å². The summed E-state index contributed by atoms with van der Waals surface area (Å²) in [5.41, 5.74) is 1.17. The molecule has 0 radical (unpaired) electrons. The molecule has 2 aromatic rings. The first kappa shape index (κ1) is 16.0. The molecule has 6 heteroatoms. The maximum absolute atomic E-state index is 12.0. The fraction of sp³-hybridized carbons (Fsp3) is 0.125. The van der Waals surface area contributed by atoms with Gasteiger partial charge >= 0.3 is 11.9 Å². The quantitative estimate of drug-likeness (QED) is 0.796. The van der Waals surface area contributed by atoms with Gasteiger partial charge in [-0.1, -0.05) is 46.3 Å². The number of carbonyl (C=O) groups is 2. The molecule has 0 aromatic heterocycles. The lowest BCUT2D eigenvalue weighted by Crippen LogP contribution is -2.10. The van der Waals surface area contributed by atoms with Crippen molar-refractivity contribution < 1.29 is 24.2 Å². The number of carbonyl (C=O) groups excluding carboxylic acids is 1. The van der Waals surface area contributed by atoms with Gasteiger partial charge in [0, 0.05) is 4.47 Å². The number of ether oxygens (including phenoxy) is 2. The monoisotopic (exact) mass is 364 g/mol. The van der Waals surface area contributed by atoms with Gasteiger partial charge in [-0.2, -0.15) is 0 Å². The second kappa shape index (κ2) is 7.61. The molecule has 0 saturated heterocycles. The second-order valence-electron chi connectivity index (χ2n) is 4.42.